The van der Waals surface area contributed by atoms with Crippen molar-refractivity contribution in [3.8, 4) is 0 Å². The summed E-state index contributed by atoms with van der Waals surface area (Å²) in [6.45, 7) is 0.230. The summed E-state index contributed by atoms with van der Waals surface area (Å²) in [5.74, 6) is 0.882. The van der Waals surface area contributed by atoms with E-state index < -0.39 is 0 Å². The van der Waals surface area contributed by atoms with Crippen molar-refractivity contribution in [2.24, 2.45) is 0 Å². The van der Waals surface area contributed by atoms with E-state index in [2.05, 4.69) is 9.97 Å². The van der Waals surface area contributed by atoms with Gasteiger partial charge in [-0.05, 0) is 30.9 Å². The van der Waals surface area contributed by atoms with Crippen molar-refractivity contribution in [3.63, 3.8) is 0 Å². The first-order valence-corrected chi connectivity index (χ1v) is 11.1. The Balaban J connectivity index is 1.36. The summed E-state index contributed by atoms with van der Waals surface area (Å²) in [6.07, 6.45) is 3.09. The fourth-order valence-corrected chi connectivity index (χ4v) is 5.54. The second-order valence-corrected chi connectivity index (χ2v) is 8.95. The molecule has 0 spiro atoms. The minimum atomic E-state index is -0.312. The Bertz CT molecular complexity index is 1090. The Morgan fingerprint density at radius 2 is 2.18 bits per heavy atom. The van der Waals surface area contributed by atoms with E-state index in [4.69, 9.17) is 0 Å². The second-order valence-electron chi connectivity index (χ2n) is 6.88. The lowest BCUT2D eigenvalue weighted by molar-refractivity contribution is -0.127. The summed E-state index contributed by atoms with van der Waals surface area (Å²) >= 11 is 3.00. The Morgan fingerprint density at radius 1 is 1.36 bits per heavy atom. The molecule has 8 heteroatoms. The zero-order valence-corrected chi connectivity index (χ0v) is 17.1. The van der Waals surface area contributed by atoms with Crippen molar-refractivity contribution < 1.29 is 9.18 Å². The van der Waals surface area contributed by atoms with Crippen LogP contribution in [0.25, 0.3) is 10.2 Å². The van der Waals surface area contributed by atoms with Gasteiger partial charge in [-0.2, -0.15) is 0 Å². The number of H-pyrrole nitrogens is 1. The third-order valence-corrected chi connectivity index (χ3v) is 6.99. The molecule has 0 saturated carbocycles. The molecule has 146 valence electrons. The molecule has 1 aliphatic rings. The van der Waals surface area contributed by atoms with Crippen LogP contribution in [-0.2, 0) is 29.9 Å². The monoisotopic (exact) mass is 417 g/mol. The van der Waals surface area contributed by atoms with Gasteiger partial charge in [0.25, 0.3) is 5.56 Å². The molecule has 0 radical (unpaired) electrons. The number of carbonyl (C=O) groups excluding carboxylic acids is 1. The number of aryl methyl sites for hydroxylation is 2. The van der Waals surface area contributed by atoms with E-state index >= 15 is 0 Å². The van der Waals surface area contributed by atoms with E-state index in [1.165, 1.54) is 27.6 Å². The maximum atomic E-state index is 13.7. The quantitative estimate of drug-likeness (QED) is 0.667. The largest absolute Gasteiger partial charge is 0.341 e. The number of nitrogens with zero attached hydrogens (tertiary/aromatic N) is 2. The second kappa shape index (κ2) is 8.05. The van der Waals surface area contributed by atoms with Crippen LogP contribution in [0.5, 0.6) is 0 Å². The van der Waals surface area contributed by atoms with Gasteiger partial charge in [-0.3, -0.25) is 9.59 Å². The van der Waals surface area contributed by atoms with Crippen LogP contribution in [0.3, 0.4) is 0 Å². The number of hydrogen-bond donors (Lipinski definition) is 1. The minimum absolute atomic E-state index is 0.0806. The molecule has 2 aromatic heterocycles. The van der Waals surface area contributed by atoms with Crippen LogP contribution in [0.15, 0.2) is 29.1 Å². The molecule has 0 atom stereocenters. The standard InChI is InChI=1S/C20H20FN3O2S2/c1-24(9-12-5-2-3-7-14(12)21)17(25)11-27-10-16-22-19(26)18-13-6-4-8-15(13)28-20(18)23-16/h2-3,5,7H,4,6,8-11H2,1H3,(H,22,23,26). The van der Waals surface area contributed by atoms with Crippen molar-refractivity contribution in [1.82, 2.24) is 14.9 Å². The Kier molecular flexibility index (Phi) is 5.50. The lowest BCUT2D eigenvalue weighted by atomic mass is 10.2. The normalized spacial score (nSPS) is 13.1. The molecule has 1 aromatic carbocycles. The third kappa shape index (κ3) is 3.84. The number of rotatable bonds is 6. The van der Waals surface area contributed by atoms with Gasteiger partial charge in [0.2, 0.25) is 5.91 Å². The van der Waals surface area contributed by atoms with Crippen LogP contribution >= 0.6 is 23.1 Å². The van der Waals surface area contributed by atoms with Crippen LogP contribution in [0.4, 0.5) is 4.39 Å². The average molecular weight is 418 g/mol. The highest BCUT2D eigenvalue weighted by molar-refractivity contribution is 7.99. The molecule has 3 aromatic rings. The zero-order chi connectivity index (χ0) is 19.7. The fraction of sp³-hybridized carbons (Fsp3) is 0.350. The summed E-state index contributed by atoms with van der Waals surface area (Å²) in [7, 11) is 1.66. The van der Waals surface area contributed by atoms with Crippen molar-refractivity contribution in [2.75, 3.05) is 12.8 Å². The molecule has 0 saturated heterocycles. The summed E-state index contributed by atoms with van der Waals surface area (Å²) in [6, 6.07) is 6.45. The van der Waals surface area contributed by atoms with Crippen LogP contribution in [-0.4, -0.2) is 33.6 Å². The number of thiophene rings is 1. The highest BCUT2D eigenvalue weighted by Crippen LogP contribution is 2.34. The predicted octanol–water partition coefficient (Wildman–Crippen LogP) is 3.50. The minimum Gasteiger partial charge on any atom is -0.341 e. The van der Waals surface area contributed by atoms with Crippen LogP contribution < -0.4 is 5.56 Å². The van der Waals surface area contributed by atoms with E-state index in [1.54, 1.807) is 36.6 Å². The molecule has 4 rings (SSSR count). The number of carbonyl (C=O) groups is 1. The van der Waals surface area contributed by atoms with Gasteiger partial charge in [-0.25, -0.2) is 9.37 Å². The number of hydrogen-bond acceptors (Lipinski definition) is 5. The van der Waals surface area contributed by atoms with Gasteiger partial charge >= 0.3 is 0 Å². The number of fused-ring (bicyclic) bond motifs is 3. The molecule has 1 N–H and O–H groups in total. The summed E-state index contributed by atoms with van der Waals surface area (Å²) in [5.41, 5.74) is 1.58. The lowest BCUT2D eigenvalue weighted by Crippen LogP contribution is -2.28. The van der Waals surface area contributed by atoms with E-state index in [0.717, 1.165) is 35.0 Å². The third-order valence-electron chi connectivity index (χ3n) is 4.88. The number of thioether (sulfide) groups is 1. The van der Waals surface area contributed by atoms with Gasteiger partial charge in [-0.1, -0.05) is 18.2 Å². The van der Waals surface area contributed by atoms with Crippen molar-refractivity contribution in [1.29, 1.82) is 0 Å². The molecule has 0 unspecified atom stereocenters. The molecule has 28 heavy (non-hydrogen) atoms. The molecule has 2 heterocycles. The topological polar surface area (TPSA) is 66.1 Å². The lowest BCUT2D eigenvalue weighted by Gasteiger charge is -2.17. The molecule has 5 nitrogen and oxygen atoms in total. The maximum Gasteiger partial charge on any atom is 0.259 e. The SMILES string of the molecule is CN(Cc1ccccc1F)C(=O)CSCc1nc2sc3c(c2c(=O)[nH]1)CCC3. The number of aromatic amines is 1. The van der Waals surface area contributed by atoms with Crippen molar-refractivity contribution in [3.05, 3.63) is 62.3 Å². The van der Waals surface area contributed by atoms with Gasteiger partial charge in [0.15, 0.2) is 0 Å². The van der Waals surface area contributed by atoms with E-state index in [9.17, 15) is 14.0 Å². The maximum absolute atomic E-state index is 13.7. The van der Waals surface area contributed by atoms with E-state index in [0.29, 0.717) is 17.1 Å². The highest BCUT2D eigenvalue weighted by Gasteiger charge is 2.21. The van der Waals surface area contributed by atoms with Crippen LogP contribution in [0.2, 0.25) is 0 Å². The Morgan fingerprint density at radius 3 is 3.00 bits per heavy atom. The van der Waals surface area contributed by atoms with Crippen LogP contribution in [0.1, 0.15) is 28.2 Å². The number of amides is 1. The number of benzene rings is 1. The number of nitrogens with one attached hydrogen (secondary N) is 1. The Labute approximate surface area is 170 Å². The Hall–Kier alpha value is -2.19. The number of aromatic nitrogens is 2. The molecular weight excluding hydrogens is 397 g/mol. The molecule has 0 aliphatic heterocycles. The van der Waals surface area contributed by atoms with Crippen LogP contribution in [0, 0.1) is 5.82 Å². The number of halogens is 1. The molecule has 0 fully saturated rings. The van der Waals surface area contributed by atoms with Crippen molar-refractivity contribution in [2.45, 2.75) is 31.6 Å². The smallest absolute Gasteiger partial charge is 0.259 e. The van der Waals surface area contributed by atoms with E-state index in [1.807, 2.05) is 0 Å². The van der Waals surface area contributed by atoms with Gasteiger partial charge in [-0.15, -0.1) is 23.1 Å². The molecule has 1 aliphatic carbocycles. The first kappa shape index (κ1) is 19.1. The fourth-order valence-electron chi connectivity index (χ4n) is 3.43. The average Bonchev–Trinajstić information content (AvgIpc) is 3.24. The first-order valence-electron chi connectivity index (χ1n) is 9.11. The van der Waals surface area contributed by atoms with E-state index in [-0.39, 0.29) is 29.6 Å². The summed E-state index contributed by atoms with van der Waals surface area (Å²) in [4.78, 5) is 35.8. The van der Waals surface area contributed by atoms with Gasteiger partial charge in [0.05, 0.1) is 16.9 Å². The summed E-state index contributed by atoms with van der Waals surface area (Å²) in [5, 5.41) is 0.743. The zero-order valence-electron chi connectivity index (χ0n) is 15.5. The van der Waals surface area contributed by atoms with Crippen molar-refractivity contribution >= 4 is 39.2 Å². The highest BCUT2D eigenvalue weighted by atomic mass is 32.2. The predicted molar refractivity (Wildman–Crippen MR) is 111 cm³/mol. The van der Waals surface area contributed by atoms with Gasteiger partial charge in [0, 0.05) is 24.0 Å². The first-order chi connectivity index (χ1) is 13.5. The summed E-state index contributed by atoms with van der Waals surface area (Å²) < 4.78 is 13.7. The van der Waals surface area contributed by atoms with Gasteiger partial charge < -0.3 is 9.88 Å². The van der Waals surface area contributed by atoms with Gasteiger partial charge in [0.1, 0.15) is 16.5 Å². The molecule has 1 amide bonds. The molecule has 0 bridgehead atoms. The molecular formula is C20H20FN3O2S2.